The molecule has 1 aromatic carbocycles. The lowest BCUT2D eigenvalue weighted by Crippen LogP contribution is -2.03. The van der Waals surface area contributed by atoms with E-state index in [0.29, 0.717) is 12.0 Å². The van der Waals surface area contributed by atoms with Crippen LogP contribution in [0.25, 0.3) is 6.08 Å². The predicted molar refractivity (Wildman–Crippen MR) is 51.6 cm³/mol. The van der Waals surface area contributed by atoms with Gasteiger partial charge in [-0.05, 0) is 17.7 Å². The van der Waals surface area contributed by atoms with E-state index >= 15 is 0 Å². The average molecular weight is 188 g/mol. The van der Waals surface area contributed by atoms with Crippen LogP contribution in [0.2, 0.25) is 0 Å². The van der Waals surface area contributed by atoms with Crippen molar-refractivity contribution >= 4 is 12.0 Å². The molecule has 0 fully saturated rings. The summed E-state index contributed by atoms with van der Waals surface area (Å²) in [6, 6.07) is 5.04. The normalized spacial score (nSPS) is 14.3. The fourth-order valence-electron chi connectivity index (χ4n) is 1.51. The first-order chi connectivity index (χ1) is 6.72. The van der Waals surface area contributed by atoms with Gasteiger partial charge in [-0.2, -0.15) is 0 Å². The molecule has 0 radical (unpaired) electrons. The standard InChI is InChI=1S/C11H8O3/c12-6-8-4-7-2-1-3-10(13)9(7)5-11(8)14/h1-3,5,13-14H,4H2. The second-order valence-electron chi connectivity index (χ2n) is 3.14. The van der Waals surface area contributed by atoms with Gasteiger partial charge in [0.15, 0.2) is 0 Å². The van der Waals surface area contributed by atoms with Crippen molar-refractivity contribution in [3.63, 3.8) is 0 Å². The molecule has 0 aromatic heterocycles. The van der Waals surface area contributed by atoms with Crippen LogP contribution in [-0.4, -0.2) is 16.2 Å². The minimum absolute atomic E-state index is 0.110. The fourth-order valence-corrected chi connectivity index (χ4v) is 1.51. The zero-order valence-electron chi connectivity index (χ0n) is 7.32. The summed E-state index contributed by atoms with van der Waals surface area (Å²) < 4.78 is 0. The summed E-state index contributed by atoms with van der Waals surface area (Å²) in [7, 11) is 0. The van der Waals surface area contributed by atoms with Gasteiger partial charge in [0.1, 0.15) is 17.5 Å². The number of fused-ring (bicyclic) bond motifs is 1. The van der Waals surface area contributed by atoms with Gasteiger partial charge in [-0.25, -0.2) is 4.79 Å². The third-order valence-corrected chi connectivity index (χ3v) is 2.25. The Morgan fingerprint density at radius 2 is 2.07 bits per heavy atom. The van der Waals surface area contributed by atoms with Crippen molar-refractivity contribution in [1.29, 1.82) is 0 Å². The SMILES string of the molecule is O=C=C1Cc2cccc(O)c2C=C1O. The average Bonchev–Trinajstić information content (AvgIpc) is 2.19. The van der Waals surface area contributed by atoms with E-state index in [2.05, 4.69) is 0 Å². The molecule has 0 spiro atoms. The molecule has 0 aliphatic heterocycles. The number of carbonyl (C=O) groups excluding carboxylic acids is 1. The smallest absolute Gasteiger partial charge is 0.132 e. The Morgan fingerprint density at radius 1 is 1.29 bits per heavy atom. The summed E-state index contributed by atoms with van der Waals surface area (Å²) in [5.74, 6) is 1.67. The molecule has 2 N–H and O–H groups in total. The minimum atomic E-state index is -0.117. The Morgan fingerprint density at radius 3 is 2.79 bits per heavy atom. The summed E-state index contributed by atoms with van der Waals surface area (Å²) in [6.45, 7) is 0. The third-order valence-electron chi connectivity index (χ3n) is 2.25. The number of aliphatic hydroxyl groups excluding tert-OH is 1. The fraction of sp³-hybridized carbons (Fsp3) is 0.0909. The maximum atomic E-state index is 10.4. The number of allylic oxidation sites excluding steroid dienone is 1. The molecule has 0 heterocycles. The monoisotopic (exact) mass is 188 g/mol. The highest BCUT2D eigenvalue weighted by molar-refractivity contribution is 5.74. The number of rotatable bonds is 0. The van der Waals surface area contributed by atoms with Crippen LogP contribution < -0.4 is 0 Å². The molecule has 0 saturated carbocycles. The number of hydrogen-bond acceptors (Lipinski definition) is 3. The summed E-state index contributed by atoms with van der Waals surface area (Å²) in [5, 5.41) is 18.9. The number of hydrogen-bond donors (Lipinski definition) is 2. The number of phenols is 1. The Labute approximate surface area is 80.6 Å². The number of phenolic OH excluding ortho intramolecular Hbond substituents is 1. The van der Waals surface area contributed by atoms with E-state index in [4.69, 9.17) is 0 Å². The molecule has 1 aliphatic rings. The molecule has 3 heteroatoms. The summed E-state index contributed by atoms with van der Waals surface area (Å²) in [6.07, 6.45) is 1.70. The minimum Gasteiger partial charge on any atom is -0.507 e. The molecular formula is C11H8O3. The van der Waals surface area contributed by atoms with E-state index < -0.39 is 0 Å². The molecule has 14 heavy (non-hydrogen) atoms. The van der Waals surface area contributed by atoms with Gasteiger partial charge in [0.2, 0.25) is 0 Å². The van der Waals surface area contributed by atoms with Crippen molar-refractivity contribution in [1.82, 2.24) is 0 Å². The van der Waals surface area contributed by atoms with Crippen molar-refractivity contribution in [2.24, 2.45) is 0 Å². The Balaban J connectivity index is 2.65. The molecule has 70 valence electrons. The van der Waals surface area contributed by atoms with Gasteiger partial charge < -0.3 is 10.2 Å². The topological polar surface area (TPSA) is 57.5 Å². The van der Waals surface area contributed by atoms with Crippen molar-refractivity contribution in [2.75, 3.05) is 0 Å². The van der Waals surface area contributed by atoms with Crippen molar-refractivity contribution in [2.45, 2.75) is 6.42 Å². The zero-order chi connectivity index (χ0) is 10.1. The van der Waals surface area contributed by atoms with Crippen LogP contribution in [0, 0.1) is 0 Å². The lowest BCUT2D eigenvalue weighted by atomic mass is 9.93. The second-order valence-corrected chi connectivity index (χ2v) is 3.14. The van der Waals surface area contributed by atoms with Gasteiger partial charge in [0.05, 0.1) is 5.57 Å². The highest BCUT2D eigenvalue weighted by Crippen LogP contribution is 2.30. The van der Waals surface area contributed by atoms with Crippen molar-refractivity contribution in [3.05, 3.63) is 40.7 Å². The Hall–Kier alpha value is -1.99. The largest absolute Gasteiger partial charge is 0.507 e. The lowest BCUT2D eigenvalue weighted by molar-refractivity contribution is 0.422. The van der Waals surface area contributed by atoms with Crippen LogP contribution in [0.15, 0.2) is 29.5 Å². The number of aromatic hydroxyl groups is 1. The summed E-state index contributed by atoms with van der Waals surface area (Å²) in [4.78, 5) is 10.4. The predicted octanol–water partition coefficient (Wildman–Crippen LogP) is 1.61. The Kier molecular flexibility index (Phi) is 1.88. The molecule has 0 bridgehead atoms. The van der Waals surface area contributed by atoms with Gasteiger partial charge >= 0.3 is 0 Å². The molecule has 1 aromatic rings. The lowest BCUT2D eigenvalue weighted by Gasteiger charge is -2.14. The molecular weight excluding hydrogens is 180 g/mol. The molecule has 0 saturated heterocycles. The van der Waals surface area contributed by atoms with Gasteiger partial charge in [0, 0.05) is 12.0 Å². The molecule has 3 nitrogen and oxygen atoms in total. The maximum absolute atomic E-state index is 10.4. The highest BCUT2D eigenvalue weighted by Gasteiger charge is 2.17. The van der Waals surface area contributed by atoms with Gasteiger partial charge in [-0.3, -0.25) is 0 Å². The quantitative estimate of drug-likeness (QED) is 0.608. The zero-order valence-corrected chi connectivity index (χ0v) is 7.32. The van der Waals surface area contributed by atoms with E-state index in [0.717, 1.165) is 5.56 Å². The first-order valence-electron chi connectivity index (χ1n) is 4.18. The van der Waals surface area contributed by atoms with Crippen LogP contribution in [0.5, 0.6) is 5.75 Å². The number of aliphatic hydroxyl groups is 1. The van der Waals surface area contributed by atoms with Gasteiger partial charge in [-0.1, -0.05) is 12.1 Å². The first kappa shape index (κ1) is 8.60. The molecule has 0 amide bonds. The van der Waals surface area contributed by atoms with Crippen LogP contribution in [0.1, 0.15) is 11.1 Å². The molecule has 0 atom stereocenters. The van der Waals surface area contributed by atoms with Gasteiger partial charge in [0.25, 0.3) is 0 Å². The van der Waals surface area contributed by atoms with Crippen LogP contribution in [0.3, 0.4) is 0 Å². The van der Waals surface area contributed by atoms with Crippen molar-refractivity contribution < 1.29 is 15.0 Å². The maximum Gasteiger partial charge on any atom is 0.132 e. The summed E-state index contributed by atoms with van der Waals surface area (Å²) in [5.41, 5.74) is 1.62. The molecule has 0 unspecified atom stereocenters. The van der Waals surface area contributed by atoms with E-state index in [1.54, 1.807) is 18.1 Å². The van der Waals surface area contributed by atoms with E-state index in [-0.39, 0.29) is 17.1 Å². The highest BCUT2D eigenvalue weighted by atomic mass is 16.3. The van der Waals surface area contributed by atoms with Crippen molar-refractivity contribution in [3.8, 4) is 5.75 Å². The number of benzene rings is 1. The van der Waals surface area contributed by atoms with Crippen LogP contribution >= 0.6 is 0 Å². The first-order valence-corrected chi connectivity index (χ1v) is 4.18. The summed E-state index contributed by atoms with van der Waals surface area (Å²) >= 11 is 0. The van der Waals surface area contributed by atoms with E-state index in [9.17, 15) is 15.0 Å². The third kappa shape index (κ3) is 1.20. The van der Waals surface area contributed by atoms with E-state index in [1.807, 2.05) is 0 Å². The Bertz CT molecular complexity index is 465. The van der Waals surface area contributed by atoms with Gasteiger partial charge in [-0.15, -0.1) is 0 Å². The molecule has 1 aliphatic carbocycles. The van der Waals surface area contributed by atoms with Crippen LogP contribution in [-0.2, 0) is 11.2 Å². The molecule has 2 rings (SSSR count). The van der Waals surface area contributed by atoms with Crippen LogP contribution in [0.4, 0.5) is 0 Å². The second kappa shape index (κ2) is 3.05. The van der Waals surface area contributed by atoms with E-state index in [1.165, 1.54) is 12.1 Å².